The number of allylic oxidation sites excluding steroid dienone is 1. The lowest BCUT2D eigenvalue weighted by Crippen LogP contribution is -2.24. The topological polar surface area (TPSA) is 445 Å². The Labute approximate surface area is 594 Å². The van der Waals surface area contributed by atoms with Gasteiger partial charge >= 0.3 is 53.7 Å². The quantitative estimate of drug-likeness (QED) is 0.00815. The number of ketones is 1. The monoisotopic (exact) mass is 1440 g/mol. The van der Waals surface area contributed by atoms with Crippen molar-refractivity contribution in [2.45, 2.75) is 223 Å². The molecule has 30 nitrogen and oxygen atoms in total. The molecule has 5 aromatic heterocycles. The third-order valence-corrected chi connectivity index (χ3v) is 12.8. The molecule has 0 aliphatic rings. The molecule has 0 bridgehead atoms. The number of aromatic amines is 5. The summed E-state index contributed by atoms with van der Waals surface area (Å²) in [5, 5.41) is 20.0. The number of nitrogens with zero attached hydrogens (tertiary/aromatic N) is 1. The van der Waals surface area contributed by atoms with Crippen molar-refractivity contribution in [3.8, 4) is 0 Å². The summed E-state index contributed by atoms with van der Waals surface area (Å²) in [6, 6.07) is 0. The van der Waals surface area contributed by atoms with Crippen LogP contribution in [0.2, 0.25) is 0 Å². The number of carbonyl (C=O) groups is 13. The fourth-order valence-corrected chi connectivity index (χ4v) is 8.76. The van der Waals surface area contributed by atoms with Crippen LogP contribution in [0.1, 0.15) is 292 Å². The highest BCUT2D eigenvalue weighted by atomic mass is 16.6. The van der Waals surface area contributed by atoms with Gasteiger partial charge < -0.3 is 73.0 Å². The van der Waals surface area contributed by atoms with Crippen molar-refractivity contribution in [2.75, 3.05) is 26.4 Å². The molecule has 7 N–H and O–H groups in total. The van der Waals surface area contributed by atoms with E-state index < -0.39 is 75.6 Å². The number of nitrogens with one attached hydrogen (secondary N) is 5. The number of nitroso groups, excluding NO2 is 1. The number of H-pyrrole nitrogens is 5. The Morgan fingerprint density at radius 1 is 0.382 bits per heavy atom. The van der Waals surface area contributed by atoms with E-state index in [2.05, 4.69) is 30.1 Å². The molecule has 5 aromatic rings. The van der Waals surface area contributed by atoms with Crippen LogP contribution in [-0.4, -0.2) is 162 Å². The Balaban J connectivity index is 0. The standard InChI is InChI=1S/2C14H21NO4.2C10H13NO3.C8H13NO4.C8H9NO3.C8H14O3/c2*1-7-18-12(16)10-8(2)11(15-9(10)3)13(17)19-14(4,5)6;2*1-4-14-10(13)9-6(2)8(5-12)11-7(9)3;1-5(10)6(9-12)7(11)13-8(2,3)4;1-4-6(3-10)9-5(2)7(4)8(11)12;1-6(9)5-7(10)11-8(2,3)4/h2*15H,7H2,1-6H3;2*5,11H,4H2,1-3H3;10H,1-4H3;3,9H,1-2H3,(H,11,12);5H2,1-4H3. The minimum Gasteiger partial charge on any atom is -0.510 e. The van der Waals surface area contributed by atoms with E-state index in [0.717, 1.165) is 0 Å². The number of aromatic nitrogens is 5. The van der Waals surface area contributed by atoms with Gasteiger partial charge in [0.1, 0.15) is 51.8 Å². The van der Waals surface area contributed by atoms with Crippen LogP contribution in [0.15, 0.2) is 16.6 Å². The zero-order valence-electron chi connectivity index (χ0n) is 64.1. The smallest absolute Gasteiger partial charge is 0.364 e. The summed E-state index contributed by atoms with van der Waals surface area (Å²) in [4.78, 5) is 169. The summed E-state index contributed by atoms with van der Waals surface area (Å²) >= 11 is 0. The van der Waals surface area contributed by atoms with Gasteiger partial charge in [-0.15, -0.1) is 4.91 Å². The third kappa shape index (κ3) is 31.3. The fourth-order valence-electron chi connectivity index (χ4n) is 8.76. The van der Waals surface area contributed by atoms with Gasteiger partial charge in [-0.1, -0.05) is 0 Å². The summed E-state index contributed by atoms with van der Waals surface area (Å²) in [6.45, 7) is 48.8. The van der Waals surface area contributed by atoms with E-state index in [9.17, 15) is 67.2 Å². The van der Waals surface area contributed by atoms with Crippen molar-refractivity contribution in [1.29, 1.82) is 0 Å². The first-order valence-electron chi connectivity index (χ1n) is 32.1. The zero-order chi connectivity index (χ0) is 80.0. The molecule has 0 aliphatic heterocycles. The van der Waals surface area contributed by atoms with E-state index in [1.165, 1.54) is 13.8 Å². The molecule has 0 radical (unpaired) electrons. The van der Waals surface area contributed by atoms with Crippen LogP contribution in [0, 0.1) is 74.1 Å². The lowest BCUT2D eigenvalue weighted by molar-refractivity contribution is -0.156. The van der Waals surface area contributed by atoms with Crippen molar-refractivity contribution in [1.82, 2.24) is 24.9 Å². The van der Waals surface area contributed by atoms with Crippen molar-refractivity contribution in [2.24, 2.45) is 5.18 Å². The predicted octanol–water partition coefficient (Wildman–Crippen LogP) is 13.1. The number of aliphatic hydroxyl groups is 1. The van der Waals surface area contributed by atoms with Crippen molar-refractivity contribution < 1.29 is 110 Å². The highest BCUT2D eigenvalue weighted by Crippen LogP contribution is 2.25. The molecule has 0 aromatic carbocycles. The van der Waals surface area contributed by atoms with E-state index in [-0.39, 0.29) is 29.7 Å². The van der Waals surface area contributed by atoms with Crippen LogP contribution in [0.4, 0.5) is 0 Å². The molecular formula is C72H104N6O24. The largest absolute Gasteiger partial charge is 0.510 e. The van der Waals surface area contributed by atoms with Gasteiger partial charge in [-0.3, -0.25) is 24.0 Å². The summed E-state index contributed by atoms with van der Waals surface area (Å²) in [7, 11) is 0. The molecule has 102 heavy (non-hydrogen) atoms. The molecule has 0 atom stereocenters. The SMILES string of the molecule is CC(=O)CC(=O)OC(C)(C)C.CC(O)=C(N=O)C(=O)OC(C)(C)C.CCOC(=O)c1c(C)[nH]c(C(=O)OC(C)(C)C)c1C.CCOC(=O)c1c(C)[nH]c(C(=O)OC(C)(C)C)c1C.CCOC(=O)c1c(C)[nH]c(C=O)c1C.CCOC(=O)c1c(C)[nH]c(C=O)c1C.Cc1[nH]c(C=O)c(C)c1C(=O)O. The highest BCUT2D eigenvalue weighted by molar-refractivity contribution is 6.01. The molecule has 0 saturated carbocycles. The van der Waals surface area contributed by atoms with Crippen molar-refractivity contribution >= 4 is 78.4 Å². The van der Waals surface area contributed by atoms with Gasteiger partial charge in [0.2, 0.25) is 5.70 Å². The lowest BCUT2D eigenvalue weighted by atomic mass is 10.1. The summed E-state index contributed by atoms with van der Waals surface area (Å²) < 4.78 is 40.0. The Morgan fingerprint density at radius 3 is 0.843 bits per heavy atom. The van der Waals surface area contributed by atoms with Crippen LogP contribution in [0.3, 0.4) is 0 Å². The number of aliphatic hydroxyl groups excluding tert-OH is 1. The number of ether oxygens (including phenoxy) is 8. The molecule has 0 amide bonds. The Hall–Kier alpha value is -10.6. The number of carboxylic acids is 1. The molecule has 0 unspecified atom stereocenters. The third-order valence-electron chi connectivity index (χ3n) is 12.8. The number of aryl methyl sites for hydroxylation is 5. The zero-order valence-corrected chi connectivity index (χ0v) is 64.1. The van der Waals surface area contributed by atoms with Crippen molar-refractivity contribution in [3.05, 3.63) is 129 Å². The number of hydrogen-bond acceptors (Lipinski definition) is 24. The fraction of sp³-hybridized carbons (Fsp3) is 0.514. The number of aromatic carboxylic acids is 1. The minimum absolute atomic E-state index is 0.128. The molecule has 5 heterocycles. The maximum absolute atomic E-state index is 12.0. The second kappa shape index (κ2) is 41.9. The van der Waals surface area contributed by atoms with Gasteiger partial charge in [-0.05, 0) is 227 Å². The maximum atomic E-state index is 12.0. The number of Topliss-reactive ketones (excluding diaryl/α,β-unsaturated/α-hetero) is 1. The van der Waals surface area contributed by atoms with E-state index >= 15 is 0 Å². The molecule has 5 rings (SSSR count). The number of rotatable bonds is 18. The van der Waals surface area contributed by atoms with E-state index in [1.807, 2.05) is 0 Å². The first kappa shape index (κ1) is 93.5. The van der Waals surface area contributed by atoms with Crippen molar-refractivity contribution in [3.63, 3.8) is 0 Å². The van der Waals surface area contributed by atoms with Crippen LogP contribution in [-0.2, 0) is 52.3 Å². The summed E-state index contributed by atoms with van der Waals surface area (Å²) in [5.74, 6) is -5.54. The Bertz CT molecular complexity index is 3660. The predicted molar refractivity (Wildman–Crippen MR) is 377 cm³/mol. The maximum Gasteiger partial charge on any atom is 0.364 e. The van der Waals surface area contributed by atoms with Gasteiger partial charge in [0, 0.05) is 28.5 Å². The van der Waals surface area contributed by atoms with Crippen LogP contribution in [0.25, 0.3) is 0 Å². The Morgan fingerprint density at radius 2 is 0.637 bits per heavy atom. The van der Waals surface area contributed by atoms with Crippen LogP contribution < -0.4 is 0 Å². The number of carboxylic acid groups (broad SMARTS) is 1. The van der Waals surface area contributed by atoms with Gasteiger partial charge in [0.25, 0.3) is 0 Å². The lowest BCUT2D eigenvalue weighted by Gasteiger charge is -2.19. The summed E-state index contributed by atoms with van der Waals surface area (Å²) in [5.41, 5.74) is 6.79. The number of carbonyl (C=O) groups excluding carboxylic acids is 12. The molecule has 0 aliphatic carbocycles. The molecule has 0 saturated heterocycles. The van der Waals surface area contributed by atoms with E-state index in [1.54, 1.807) is 180 Å². The average Bonchev–Trinajstić information content (AvgIpc) is 1.68. The molecular weight excluding hydrogens is 1330 g/mol. The minimum atomic E-state index is -1.01. The molecule has 566 valence electrons. The molecule has 30 heteroatoms. The van der Waals surface area contributed by atoms with E-state index in [0.29, 0.717) is 152 Å². The Kier molecular flexibility index (Phi) is 38.4. The van der Waals surface area contributed by atoms with Crippen LogP contribution >= 0.6 is 0 Å². The normalized spacial score (nSPS) is 10.9. The molecule has 0 spiro atoms. The van der Waals surface area contributed by atoms with Gasteiger partial charge in [0.15, 0.2) is 18.9 Å². The first-order valence-corrected chi connectivity index (χ1v) is 32.1. The summed E-state index contributed by atoms with van der Waals surface area (Å²) in [6.07, 6.45) is 1.89. The van der Waals surface area contributed by atoms with Gasteiger partial charge in [-0.25, -0.2) is 38.4 Å². The second-order valence-corrected chi connectivity index (χ2v) is 26.3. The number of hydrogen-bond donors (Lipinski definition) is 7. The van der Waals surface area contributed by atoms with Crippen LogP contribution in [0.5, 0.6) is 0 Å². The van der Waals surface area contributed by atoms with E-state index in [4.69, 9.17) is 48.1 Å². The number of esters is 8. The molecule has 0 fully saturated rings. The van der Waals surface area contributed by atoms with Gasteiger partial charge in [0.05, 0.1) is 71.3 Å². The first-order chi connectivity index (χ1) is 46.7. The second-order valence-electron chi connectivity index (χ2n) is 26.3. The van der Waals surface area contributed by atoms with Gasteiger partial charge in [-0.2, -0.15) is 0 Å². The number of aldehydes is 3. The highest BCUT2D eigenvalue weighted by Gasteiger charge is 2.29. The average molecular weight is 1440 g/mol.